The maximum Gasteiger partial charge on any atom is 0.226 e. The topological polar surface area (TPSA) is 43.8 Å². The SMILES string of the molecule is O=C(C1CCC1)N1C[C@@H]2CN(Cc3cccc(O)c3)C[C@@H]2[C@H]1c1cccc(F)c1. The van der Waals surface area contributed by atoms with Crippen molar-refractivity contribution in [2.24, 2.45) is 17.8 Å². The molecule has 152 valence electrons. The first kappa shape index (κ1) is 18.6. The van der Waals surface area contributed by atoms with Crippen LogP contribution in [0.15, 0.2) is 48.5 Å². The summed E-state index contributed by atoms with van der Waals surface area (Å²) in [6, 6.07) is 14.1. The number of amides is 1. The van der Waals surface area contributed by atoms with E-state index in [0.29, 0.717) is 11.8 Å². The van der Waals surface area contributed by atoms with Crippen molar-refractivity contribution in [2.75, 3.05) is 19.6 Å². The first-order valence-corrected chi connectivity index (χ1v) is 10.6. The molecule has 1 amide bonds. The van der Waals surface area contributed by atoms with E-state index in [1.807, 2.05) is 24.3 Å². The van der Waals surface area contributed by atoms with Crippen molar-refractivity contribution < 1.29 is 14.3 Å². The normalized spacial score (nSPS) is 27.1. The molecule has 5 heteroatoms. The third kappa shape index (κ3) is 3.52. The van der Waals surface area contributed by atoms with Gasteiger partial charge in [0, 0.05) is 38.0 Å². The molecule has 1 N–H and O–H groups in total. The second-order valence-electron chi connectivity index (χ2n) is 8.91. The fraction of sp³-hybridized carbons (Fsp3) is 0.458. The Hall–Kier alpha value is -2.40. The number of carbonyl (C=O) groups excluding carboxylic acids is 1. The van der Waals surface area contributed by atoms with Gasteiger partial charge in [0.05, 0.1) is 6.04 Å². The van der Waals surface area contributed by atoms with Crippen LogP contribution in [0.4, 0.5) is 4.39 Å². The van der Waals surface area contributed by atoms with Crippen LogP contribution in [-0.2, 0) is 11.3 Å². The number of hydrogen-bond donors (Lipinski definition) is 1. The molecule has 1 aliphatic carbocycles. The van der Waals surface area contributed by atoms with Crippen molar-refractivity contribution in [2.45, 2.75) is 31.8 Å². The minimum atomic E-state index is -0.239. The summed E-state index contributed by atoms with van der Waals surface area (Å²) in [4.78, 5) is 17.6. The van der Waals surface area contributed by atoms with E-state index in [1.165, 1.54) is 6.07 Å². The molecule has 1 saturated carbocycles. The Morgan fingerprint density at radius 3 is 2.62 bits per heavy atom. The Bertz CT molecular complexity index is 913. The Labute approximate surface area is 170 Å². The molecular weight excluding hydrogens is 367 g/mol. The highest BCUT2D eigenvalue weighted by molar-refractivity contribution is 5.80. The van der Waals surface area contributed by atoms with Gasteiger partial charge in [-0.1, -0.05) is 30.7 Å². The van der Waals surface area contributed by atoms with Crippen LogP contribution in [0.2, 0.25) is 0 Å². The zero-order valence-corrected chi connectivity index (χ0v) is 16.5. The maximum atomic E-state index is 14.0. The first-order chi connectivity index (χ1) is 14.1. The lowest BCUT2D eigenvalue weighted by atomic mass is 9.83. The van der Waals surface area contributed by atoms with Gasteiger partial charge < -0.3 is 10.0 Å². The Morgan fingerprint density at radius 2 is 1.90 bits per heavy atom. The average Bonchev–Trinajstić information content (AvgIpc) is 3.17. The van der Waals surface area contributed by atoms with Crippen molar-refractivity contribution in [3.63, 3.8) is 0 Å². The number of carbonyl (C=O) groups is 1. The molecule has 2 saturated heterocycles. The van der Waals surface area contributed by atoms with E-state index in [4.69, 9.17) is 0 Å². The Kier molecular flexibility index (Phi) is 4.78. The van der Waals surface area contributed by atoms with Crippen molar-refractivity contribution in [3.8, 4) is 5.75 Å². The van der Waals surface area contributed by atoms with E-state index in [1.54, 1.807) is 18.2 Å². The number of benzene rings is 2. The number of rotatable bonds is 4. The summed E-state index contributed by atoms with van der Waals surface area (Å²) in [5.41, 5.74) is 2.01. The van der Waals surface area contributed by atoms with Crippen LogP contribution >= 0.6 is 0 Å². The lowest BCUT2D eigenvalue weighted by Crippen LogP contribution is -2.41. The number of hydrogen-bond acceptors (Lipinski definition) is 3. The zero-order chi connectivity index (χ0) is 20.0. The van der Waals surface area contributed by atoms with Gasteiger partial charge in [-0.05, 0) is 54.2 Å². The Balaban J connectivity index is 1.38. The summed E-state index contributed by atoms with van der Waals surface area (Å²) in [5.74, 6) is 1.20. The molecule has 5 rings (SSSR count). The quantitative estimate of drug-likeness (QED) is 0.854. The molecule has 0 aromatic heterocycles. The second-order valence-corrected chi connectivity index (χ2v) is 8.91. The molecule has 0 radical (unpaired) electrons. The van der Waals surface area contributed by atoms with Crippen molar-refractivity contribution >= 4 is 5.91 Å². The molecule has 29 heavy (non-hydrogen) atoms. The van der Waals surface area contributed by atoms with Crippen molar-refractivity contribution in [1.29, 1.82) is 0 Å². The summed E-state index contributed by atoms with van der Waals surface area (Å²) in [5, 5.41) is 9.74. The number of phenolic OH excluding ortho intramolecular Hbond substituents is 1. The van der Waals surface area contributed by atoms with Crippen LogP contribution in [0.1, 0.15) is 36.4 Å². The summed E-state index contributed by atoms with van der Waals surface area (Å²) in [6.07, 6.45) is 3.12. The number of aromatic hydroxyl groups is 1. The van der Waals surface area contributed by atoms with Gasteiger partial charge >= 0.3 is 0 Å². The van der Waals surface area contributed by atoms with Gasteiger partial charge in [-0.2, -0.15) is 0 Å². The minimum absolute atomic E-state index is 0.0435. The molecule has 2 aromatic carbocycles. The summed E-state index contributed by atoms with van der Waals surface area (Å²) < 4.78 is 14.0. The van der Waals surface area contributed by atoms with Gasteiger partial charge in [0.2, 0.25) is 5.91 Å². The highest BCUT2D eigenvalue weighted by Gasteiger charge is 2.50. The largest absolute Gasteiger partial charge is 0.508 e. The molecule has 0 unspecified atom stereocenters. The van der Waals surface area contributed by atoms with E-state index in [2.05, 4.69) is 9.80 Å². The van der Waals surface area contributed by atoms with E-state index < -0.39 is 0 Å². The molecule has 2 aromatic rings. The lowest BCUT2D eigenvalue weighted by molar-refractivity contribution is -0.139. The predicted molar refractivity (Wildman–Crippen MR) is 109 cm³/mol. The number of halogens is 1. The smallest absolute Gasteiger partial charge is 0.226 e. The summed E-state index contributed by atoms with van der Waals surface area (Å²) >= 11 is 0. The minimum Gasteiger partial charge on any atom is -0.508 e. The maximum absolute atomic E-state index is 14.0. The highest BCUT2D eigenvalue weighted by atomic mass is 19.1. The van der Waals surface area contributed by atoms with Crippen LogP contribution < -0.4 is 0 Å². The lowest BCUT2D eigenvalue weighted by Gasteiger charge is -2.35. The van der Waals surface area contributed by atoms with Crippen LogP contribution in [0.5, 0.6) is 5.75 Å². The van der Waals surface area contributed by atoms with Crippen LogP contribution in [-0.4, -0.2) is 40.4 Å². The summed E-state index contributed by atoms with van der Waals surface area (Å²) in [6.45, 7) is 3.36. The second kappa shape index (κ2) is 7.45. The molecule has 2 aliphatic heterocycles. The molecule has 4 nitrogen and oxygen atoms in total. The number of likely N-dealkylation sites (tertiary alicyclic amines) is 2. The predicted octanol–water partition coefficient (Wildman–Crippen LogP) is 3.96. The fourth-order valence-corrected chi connectivity index (χ4v) is 5.41. The van der Waals surface area contributed by atoms with Crippen LogP contribution in [0.3, 0.4) is 0 Å². The number of nitrogens with zero attached hydrogens (tertiary/aromatic N) is 2. The third-order valence-corrected chi connectivity index (χ3v) is 6.98. The standard InChI is InChI=1S/C24H27FN2O2/c25-20-8-3-7-18(11-20)23-22-15-26(12-16-4-1-9-21(28)10-16)13-19(22)14-27(23)24(29)17-5-2-6-17/h1,3-4,7-11,17,19,22-23,28H,2,5-6,12-15H2/t19-,22-,23+/m0/s1. The number of fused-ring (bicyclic) bond motifs is 1. The van der Waals surface area contributed by atoms with Gasteiger partial charge in [0.25, 0.3) is 0 Å². The van der Waals surface area contributed by atoms with Gasteiger partial charge in [0.1, 0.15) is 11.6 Å². The van der Waals surface area contributed by atoms with Gasteiger partial charge in [-0.3, -0.25) is 9.69 Å². The van der Waals surface area contributed by atoms with E-state index in [0.717, 1.165) is 56.6 Å². The first-order valence-electron chi connectivity index (χ1n) is 10.6. The third-order valence-electron chi connectivity index (χ3n) is 6.98. The van der Waals surface area contributed by atoms with Crippen molar-refractivity contribution in [3.05, 3.63) is 65.5 Å². The summed E-state index contributed by atoms with van der Waals surface area (Å²) in [7, 11) is 0. The van der Waals surface area contributed by atoms with Gasteiger partial charge in [-0.25, -0.2) is 4.39 Å². The fourth-order valence-electron chi connectivity index (χ4n) is 5.41. The zero-order valence-electron chi connectivity index (χ0n) is 16.5. The molecule has 3 fully saturated rings. The molecule has 3 aliphatic rings. The van der Waals surface area contributed by atoms with Gasteiger partial charge in [-0.15, -0.1) is 0 Å². The van der Waals surface area contributed by atoms with Crippen LogP contribution in [0, 0.1) is 23.6 Å². The molecule has 0 bridgehead atoms. The molecule has 0 spiro atoms. The van der Waals surface area contributed by atoms with Gasteiger partial charge in [0.15, 0.2) is 0 Å². The average molecular weight is 394 g/mol. The number of phenols is 1. The van der Waals surface area contributed by atoms with Crippen LogP contribution in [0.25, 0.3) is 0 Å². The molecular formula is C24H27FN2O2. The highest BCUT2D eigenvalue weighted by Crippen LogP contribution is 2.47. The monoisotopic (exact) mass is 394 g/mol. The van der Waals surface area contributed by atoms with E-state index >= 15 is 0 Å². The molecule has 3 atom stereocenters. The Morgan fingerprint density at radius 1 is 1.07 bits per heavy atom. The van der Waals surface area contributed by atoms with E-state index in [-0.39, 0.29) is 29.4 Å². The van der Waals surface area contributed by atoms with Crippen molar-refractivity contribution in [1.82, 2.24) is 9.80 Å². The van der Waals surface area contributed by atoms with E-state index in [9.17, 15) is 14.3 Å². The molecule has 2 heterocycles.